The van der Waals surface area contributed by atoms with Gasteiger partial charge in [-0.25, -0.2) is 13.1 Å². The summed E-state index contributed by atoms with van der Waals surface area (Å²) in [6.07, 6.45) is 0. The fourth-order valence-electron chi connectivity index (χ4n) is 0.791. The first kappa shape index (κ1) is 14.3. The van der Waals surface area contributed by atoms with Crippen molar-refractivity contribution in [1.82, 2.24) is 9.62 Å². The maximum atomic E-state index is 11.3. The van der Waals surface area contributed by atoms with Gasteiger partial charge in [0.1, 0.15) is 6.04 Å². The number of likely N-dealkylation sites (N-methyl/N-ethyl adjacent to an activating group) is 1. The summed E-state index contributed by atoms with van der Waals surface area (Å²) in [5, 5.41) is 8.43. The molecule has 0 spiro atoms. The normalized spacial score (nSPS) is 14.1. The van der Waals surface area contributed by atoms with Crippen molar-refractivity contribution >= 4 is 16.0 Å². The number of nitrogens with two attached hydrogens (primary N) is 1. The number of sulfonamides is 1. The second-order valence-corrected chi connectivity index (χ2v) is 5.28. The lowest BCUT2D eigenvalue weighted by atomic mass is 10.4. The van der Waals surface area contributed by atoms with Gasteiger partial charge in [0.2, 0.25) is 10.0 Å². The number of carboxylic acids is 1. The molecule has 15 heavy (non-hydrogen) atoms. The first-order valence-corrected chi connectivity index (χ1v) is 6.00. The SMILES string of the molecule is CN(C)CCNS(=O)(=O)CC(N)C(=O)O. The van der Waals surface area contributed by atoms with E-state index in [4.69, 9.17) is 10.8 Å². The van der Waals surface area contributed by atoms with E-state index in [1.54, 1.807) is 19.0 Å². The molecule has 0 saturated carbocycles. The number of hydrogen-bond acceptors (Lipinski definition) is 5. The lowest BCUT2D eigenvalue weighted by Gasteiger charge is -2.12. The van der Waals surface area contributed by atoms with Crippen LogP contribution in [0.2, 0.25) is 0 Å². The molecule has 0 bridgehead atoms. The van der Waals surface area contributed by atoms with Crippen LogP contribution in [0.4, 0.5) is 0 Å². The summed E-state index contributed by atoms with van der Waals surface area (Å²) in [6.45, 7) is 0.781. The summed E-state index contributed by atoms with van der Waals surface area (Å²) in [4.78, 5) is 12.1. The van der Waals surface area contributed by atoms with Crippen LogP contribution in [0.1, 0.15) is 0 Å². The van der Waals surface area contributed by atoms with Crippen LogP contribution >= 0.6 is 0 Å². The largest absolute Gasteiger partial charge is 0.480 e. The Balaban J connectivity index is 4.03. The number of carboxylic acid groups (broad SMARTS) is 1. The highest BCUT2D eigenvalue weighted by Crippen LogP contribution is 1.89. The first-order chi connectivity index (χ1) is 6.74. The molecular formula is C7H17N3O4S. The highest BCUT2D eigenvalue weighted by atomic mass is 32.2. The van der Waals surface area contributed by atoms with Crippen LogP contribution in [-0.2, 0) is 14.8 Å². The summed E-state index contributed by atoms with van der Waals surface area (Å²) in [5.41, 5.74) is 5.11. The van der Waals surface area contributed by atoms with Crippen LogP contribution in [0, 0.1) is 0 Å². The van der Waals surface area contributed by atoms with E-state index in [0.717, 1.165) is 0 Å². The molecule has 0 aromatic heterocycles. The number of carbonyl (C=O) groups is 1. The van der Waals surface area contributed by atoms with Gasteiger partial charge in [-0.2, -0.15) is 0 Å². The van der Waals surface area contributed by atoms with E-state index in [9.17, 15) is 13.2 Å². The van der Waals surface area contributed by atoms with Gasteiger partial charge in [0.05, 0.1) is 5.75 Å². The third-order valence-electron chi connectivity index (χ3n) is 1.60. The molecule has 1 unspecified atom stereocenters. The summed E-state index contributed by atoms with van der Waals surface area (Å²) in [5.74, 6) is -1.93. The maximum absolute atomic E-state index is 11.3. The van der Waals surface area contributed by atoms with Gasteiger partial charge in [-0.15, -0.1) is 0 Å². The highest BCUT2D eigenvalue weighted by molar-refractivity contribution is 7.89. The molecule has 0 aromatic rings. The third kappa shape index (κ3) is 7.25. The van der Waals surface area contributed by atoms with E-state index in [1.807, 2.05) is 0 Å². The van der Waals surface area contributed by atoms with E-state index in [-0.39, 0.29) is 6.54 Å². The molecule has 0 aliphatic carbocycles. The van der Waals surface area contributed by atoms with Crippen LogP contribution in [0.5, 0.6) is 0 Å². The van der Waals surface area contributed by atoms with Gasteiger partial charge in [-0.1, -0.05) is 0 Å². The number of nitrogens with zero attached hydrogens (tertiary/aromatic N) is 1. The van der Waals surface area contributed by atoms with Crippen molar-refractivity contribution in [1.29, 1.82) is 0 Å². The number of hydrogen-bond donors (Lipinski definition) is 3. The number of nitrogens with one attached hydrogen (secondary N) is 1. The Kier molecular flexibility index (Phi) is 5.73. The second-order valence-electron chi connectivity index (χ2n) is 3.42. The summed E-state index contributed by atoms with van der Waals surface area (Å²) in [7, 11) is 0.00172. The Morgan fingerprint density at radius 3 is 2.47 bits per heavy atom. The summed E-state index contributed by atoms with van der Waals surface area (Å²) < 4.78 is 24.8. The van der Waals surface area contributed by atoms with Crippen LogP contribution in [-0.4, -0.2) is 63.4 Å². The zero-order valence-electron chi connectivity index (χ0n) is 8.80. The van der Waals surface area contributed by atoms with Gasteiger partial charge in [0.15, 0.2) is 0 Å². The fraction of sp³-hybridized carbons (Fsp3) is 0.857. The molecule has 0 aliphatic heterocycles. The van der Waals surface area contributed by atoms with Gasteiger partial charge in [-0.05, 0) is 14.1 Å². The van der Waals surface area contributed by atoms with Crippen LogP contribution < -0.4 is 10.5 Å². The van der Waals surface area contributed by atoms with E-state index < -0.39 is 27.8 Å². The van der Waals surface area contributed by atoms with Crippen molar-refractivity contribution in [3.05, 3.63) is 0 Å². The minimum atomic E-state index is -3.60. The van der Waals surface area contributed by atoms with Gasteiger partial charge in [-0.3, -0.25) is 4.79 Å². The molecule has 0 rings (SSSR count). The molecule has 0 heterocycles. The maximum Gasteiger partial charge on any atom is 0.321 e. The van der Waals surface area contributed by atoms with Gasteiger partial charge < -0.3 is 15.7 Å². The standard InChI is InChI=1S/C7H17N3O4S/c1-10(2)4-3-9-15(13,14)5-6(8)7(11)12/h6,9H,3-5,8H2,1-2H3,(H,11,12). The minimum Gasteiger partial charge on any atom is -0.480 e. The monoisotopic (exact) mass is 239 g/mol. The van der Waals surface area contributed by atoms with Crippen LogP contribution in [0.25, 0.3) is 0 Å². The minimum absolute atomic E-state index is 0.238. The predicted octanol–water partition coefficient (Wildman–Crippen LogP) is -2.12. The average Bonchev–Trinajstić information content (AvgIpc) is 2.01. The van der Waals surface area contributed by atoms with Crippen LogP contribution in [0.3, 0.4) is 0 Å². The van der Waals surface area contributed by atoms with Crippen molar-refractivity contribution in [2.45, 2.75) is 6.04 Å². The number of aliphatic carboxylic acids is 1. The molecule has 1 atom stereocenters. The predicted molar refractivity (Wildman–Crippen MR) is 56.0 cm³/mol. The van der Waals surface area contributed by atoms with Crippen molar-refractivity contribution in [3.8, 4) is 0 Å². The van der Waals surface area contributed by atoms with E-state index >= 15 is 0 Å². The second kappa shape index (κ2) is 6.01. The Bertz CT molecular complexity index is 301. The van der Waals surface area contributed by atoms with Crippen molar-refractivity contribution in [2.75, 3.05) is 32.9 Å². The van der Waals surface area contributed by atoms with Crippen molar-refractivity contribution < 1.29 is 18.3 Å². The van der Waals surface area contributed by atoms with E-state index in [2.05, 4.69) is 4.72 Å². The Morgan fingerprint density at radius 1 is 1.53 bits per heavy atom. The number of rotatable bonds is 7. The molecule has 7 nitrogen and oxygen atoms in total. The molecule has 4 N–H and O–H groups in total. The van der Waals surface area contributed by atoms with Crippen molar-refractivity contribution in [3.63, 3.8) is 0 Å². The first-order valence-electron chi connectivity index (χ1n) is 4.35. The lowest BCUT2D eigenvalue weighted by molar-refractivity contribution is -0.137. The lowest BCUT2D eigenvalue weighted by Crippen LogP contribution is -2.42. The summed E-state index contributed by atoms with van der Waals surface area (Å²) in [6, 6.07) is -1.39. The molecule has 0 aromatic carbocycles. The fourth-order valence-corrected chi connectivity index (χ4v) is 1.93. The van der Waals surface area contributed by atoms with E-state index in [0.29, 0.717) is 6.54 Å². The van der Waals surface area contributed by atoms with Crippen LogP contribution in [0.15, 0.2) is 0 Å². The van der Waals surface area contributed by atoms with Gasteiger partial charge >= 0.3 is 5.97 Å². The topological polar surface area (TPSA) is 113 Å². The molecule has 8 heteroatoms. The van der Waals surface area contributed by atoms with Gasteiger partial charge in [0.25, 0.3) is 0 Å². The molecular weight excluding hydrogens is 222 g/mol. The smallest absolute Gasteiger partial charge is 0.321 e. The zero-order chi connectivity index (χ0) is 12.1. The molecule has 0 aliphatic rings. The quantitative estimate of drug-likeness (QED) is 0.468. The van der Waals surface area contributed by atoms with E-state index in [1.165, 1.54) is 0 Å². The molecule has 90 valence electrons. The summed E-state index contributed by atoms with van der Waals surface area (Å²) >= 11 is 0. The molecule has 0 fully saturated rings. The molecule has 0 saturated heterocycles. The third-order valence-corrected chi connectivity index (χ3v) is 3.04. The Morgan fingerprint density at radius 2 is 2.07 bits per heavy atom. The van der Waals surface area contributed by atoms with Gasteiger partial charge in [0, 0.05) is 13.1 Å². The Hall–Kier alpha value is -0.700. The highest BCUT2D eigenvalue weighted by Gasteiger charge is 2.20. The average molecular weight is 239 g/mol. The Labute approximate surface area is 89.3 Å². The van der Waals surface area contributed by atoms with Crippen molar-refractivity contribution in [2.24, 2.45) is 5.73 Å². The molecule has 0 radical (unpaired) electrons. The molecule has 0 amide bonds. The zero-order valence-corrected chi connectivity index (χ0v) is 9.62.